The Morgan fingerprint density at radius 1 is 1.16 bits per heavy atom. The molecule has 2 heterocycles. The number of rotatable bonds is 4. The number of morpholine rings is 1. The zero-order valence-corrected chi connectivity index (χ0v) is 14.4. The molecular formula is C20H21N3O2. The van der Waals surface area contributed by atoms with Crippen LogP contribution in [0.15, 0.2) is 30.6 Å². The molecule has 0 radical (unpaired) electrons. The maximum atomic E-state index is 11.3. The first-order valence-electron chi connectivity index (χ1n) is 8.66. The molecule has 2 aromatic rings. The largest absolute Gasteiger partial charge is 0.378 e. The number of ketones is 1. The van der Waals surface area contributed by atoms with Crippen LogP contribution < -0.4 is 4.90 Å². The fourth-order valence-electron chi connectivity index (χ4n) is 3.45. The number of carbonyl (C=O) groups excluding carboxylic acids is 1. The third-order valence-electron chi connectivity index (χ3n) is 4.71. The molecule has 5 nitrogen and oxygen atoms in total. The second-order valence-electron chi connectivity index (χ2n) is 6.58. The summed E-state index contributed by atoms with van der Waals surface area (Å²) < 4.78 is 5.45. The lowest BCUT2D eigenvalue weighted by atomic mass is 10.0. The van der Waals surface area contributed by atoms with Gasteiger partial charge in [0.2, 0.25) is 0 Å². The number of hydrogen-bond donors (Lipinski definition) is 0. The average molecular weight is 335 g/mol. The van der Waals surface area contributed by atoms with Crippen LogP contribution in [-0.2, 0) is 22.4 Å². The van der Waals surface area contributed by atoms with Crippen molar-refractivity contribution in [1.29, 1.82) is 0 Å². The van der Waals surface area contributed by atoms with Crippen molar-refractivity contribution in [3.05, 3.63) is 53.0 Å². The summed E-state index contributed by atoms with van der Waals surface area (Å²) >= 11 is 0. The molecule has 0 N–H and O–H groups in total. The quantitative estimate of drug-likeness (QED) is 0.859. The third-order valence-corrected chi connectivity index (χ3v) is 4.71. The molecule has 5 heteroatoms. The maximum Gasteiger partial charge on any atom is 0.139 e. The first-order chi connectivity index (χ1) is 12.2. The lowest BCUT2D eigenvalue weighted by Crippen LogP contribution is -2.37. The zero-order chi connectivity index (χ0) is 17.2. The number of anilines is 1. The van der Waals surface area contributed by atoms with E-state index in [0.29, 0.717) is 6.42 Å². The molecule has 1 aromatic carbocycles. The molecular weight excluding hydrogens is 314 g/mol. The Morgan fingerprint density at radius 2 is 1.92 bits per heavy atom. The van der Waals surface area contributed by atoms with Crippen molar-refractivity contribution in [1.82, 2.24) is 9.97 Å². The van der Waals surface area contributed by atoms with Crippen LogP contribution in [0.2, 0.25) is 0 Å². The Kier molecular flexibility index (Phi) is 4.32. The zero-order valence-electron chi connectivity index (χ0n) is 14.4. The first kappa shape index (κ1) is 16.0. The van der Waals surface area contributed by atoms with Gasteiger partial charge in [-0.2, -0.15) is 0 Å². The summed E-state index contributed by atoms with van der Waals surface area (Å²) in [4.78, 5) is 22.5. The number of aromatic nitrogens is 2. The predicted octanol–water partition coefficient (Wildman–Crippen LogP) is 2.54. The van der Waals surface area contributed by atoms with E-state index in [1.54, 1.807) is 13.3 Å². The molecule has 4 rings (SSSR count). The number of ether oxygens (including phenoxy) is 1. The van der Waals surface area contributed by atoms with Crippen LogP contribution in [0, 0.1) is 0 Å². The summed E-state index contributed by atoms with van der Waals surface area (Å²) in [6, 6.07) is 8.26. The fourth-order valence-corrected chi connectivity index (χ4v) is 3.45. The summed E-state index contributed by atoms with van der Waals surface area (Å²) in [5.41, 5.74) is 5.70. The van der Waals surface area contributed by atoms with E-state index in [-0.39, 0.29) is 5.78 Å². The van der Waals surface area contributed by atoms with E-state index in [1.807, 2.05) is 12.1 Å². The van der Waals surface area contributed by atoms with Crippen molar-refractivity contribution in [3.63, 3.8) is 0 Å². The SMILES string of the molecule is CC(=O)Cc1ccc(C2=Cc3c(ncnc3N3CCOCC3)C2)cc1. The molecule has 1 saturated heterocycles. The Balaban J connectivity index is 1.61. The van der Waals surface area contributed by atoms with Gasteiger partial charge < -0.3 is 9.64 Å². The minimum Gasteiger partial charge on any atom is -0.378 e. The van der Waals surface area contributed by atoms with Gasteiger partial charge in [0.1, 0.15) is 17.9 Å². The molecule has 0 amide bonds. The number of fused-ring (bicyclic) bond motifs is 1. The lowest BCUT2D eigenvalue weighted by Gasteiger charge is -2.28. The summed E-state index contributed by atoms with van der Waals surface area (Å²) in [7, 11) is 0. The molecule has 0 bridgehead atoms. The highest BCUT2D eigenvalue weighted by Gasteiger charge is 2.23. The minimum atomic E-state index is 0.186. The topological polar surface area (TPSA) is 55.3 Å². The highest BCUT2D eigenvalue weighted by Crippen LogP contribution is 2.35. The maximum absolute atomic E-state index is 11.3. The van der Waals surface area contributed by atoms with E-state index < -0.39 is 0 Å². The van der Waals surface area contributed by atoms with Crippen molar-refractivity contribution in [2.24, 2.45) is 0 Å². The molecule has 0 saturated carbocycles. The van der Waals surface area contributed by atoms with E-state index >= 15 is 0 Å². The molecule has 25 heavy (non-hydrogen) atoms. The van der Waals surface area contributed by atoms with E-state index in [1.165, 1.54) is 11.1 Å². The van der Waals surface area contributed by atoms with Gasteiger partial charge in [-0.15, -0.1) is 0 Å². The fraction of sp³-hybridized carbons (Fsp3) is 0.350. The summed E-state index contributed by atoms with van der Waals surface area (Å²) in [5, 5.41) is 0. The number of allylic oxidation sites excluding steroid dienone is 1. The van der Waals surface area contributed by atoms with Crippen molar-refractivity contribution >= 4 is 23.3 Å². The highest BCUT2D eigenvalue weighted by molar-refractivity contribution is 5.91. The van der Waals surface area contributed by atoms with Crippen molar-refractivity contribution in [3.8, 4) is 0 Å². The Bertz CT molecular complexity index is 821. The predicted molar refractivity (Wildman–Crippen MR) is 97.5 cm³/mol. The van der Waals surface area contributed by atoms with E-state index in [4.69, 9.17) is 4.74 Å². The number of benzene rings is 1. The second kappa shape index (κ2) is 6.76. The summed E-state index contributed by atoms with van der Waals surface area (Å²) in [5.74, 6) is 1.20. The standard InChI is InChI=1S/C20H21N3O2/c1-14(24)10-15-2-4-16(5-3-15)17-11-18-19(12-17)21-13-22-20(18)23-6-8-25-9-7-23/h2-5,11,13H,6-10,12H2,1H3. The van der Waals surface area contributed by atoms with Crippen LogP contribution in [0.4, 0.5) is 5.82 Å². The average Bonchev–Trinajstić information content (AvgIpc) is 3.07. The third kappa shape index (κ3) is 3.33. The van der Waals surface area contributed by atoms with Crippen molar-refractivity contribution in [2.45, 2.75) is 19.8 Å². The first-order valence-corrected chi connectivity index (χ1v) is 8.66. The normalized spacial score (nSPS) is 16.5. The van der Waals surface area contributed by atoms with Gasteiger partial charge in [-0.1, -0.05) is 24.3 Å². The van der Waals surface area contributed by atoms with Crippen LogP contribution in [0.3, 0.4) is 0 Å². The molecule has 1 aliphatic carbocycles. The van der Waals surface area contributed by atoms with Crippen LogP contribution in [0.5, 0.6) is 0 Å². The molecule has 128 valence electrons. The smallest absolute Gasteiger partial charge is 0.139 e. The monoisotopic (exact) mass is 335 g/mol. The van der Waals surface area contributed by atoms with Gasteiger partial charge >= 0.3 is 0 Å². The Hall–Kier alpha value is -2.53. The Morgan fingerprint density at radius 3 is 2.64 bits per heavy atom. The Labute approximate surface area is 147 Å². The summed E-state index contributed by atoms with van der Waals surface area (Å²) in [6.07, 6.45) is 5.18. The molecule has 1 aromatic heterocycles. The van der Waals surface area contributed by atoms with Gasteiger partial charge in [0.15, 0.2) is 0 Å². The van der Waals surface area contributed by atoms with Crippen LogP contribution in [0.1, 0.15) is 29.3 Å². The molecule has 0 atom stereocenters. The van der Waals surface area contributed by atoms with E-state index in [2.05, 4.69) is 33.1 Å². The molecule has 2 aliphatic rings. The van der Waals surface area contributed by atoms with Crippen molar-refractivity contribution in [2.75, 3.05) is 31.2 Å². The number of nitrogens with zero attached hydrogens (tertiary/aromatic N) is 3. The van der Waals surface area contributed by atoms with E-state index in [0.717, 1.165) is 55.4 Å². The van der Waals surface area contributed by atoms with E-state index in [9.17, 15) is 4.79 Å². The second-order valence-corrected chi connectivity index (χ2v) is 6.58. The highest BCUT2D eigenvalue weighted by atomic mass is 16.5. The van der Waals surface area contributed by atoms with Gasteiger partial charge in [0.05, 0.1) is 18.9 Å². The van der Waals surface area contributed by atoms with Gasteiger partial charge in [-0.3, -0.25) is 4.79 Å². The lowest BCUT2D eigenvalue weighted by molar-refractivity contribution is -0.116. The van der Waals surface area contributed by atoms with Gasteiger partial charge in [-0.25, -0.2) is 9.97 Å². The molecule has 0 spiro atoms. The van der Waals surface area contributed by atoms with Crippen LogP contribution >= 0.6 is 0 Å². The van der Waals surface area contributed by atoms with Crippen LogP contribution in [0.25, 0.3) is 11.6 Å². The van der Waals surface area contributed by atoms with Gasteiger partial charge in [-0.05, 0) is 29.7 Å². The van der Waals surface area contributed by atoms with Gasteiger partial charge in [0.25, 0.3) is 0 Å². The minimum absolute atomic E-state index is 0.186. The number of hydrogen-bond acceptors (Lipinski definition) is 5. The molecule has 1 aliphatic heterocycles. The van der Waals surface area contributed by atoms with Crippen LogP contribution in [-0.4, -0.2) is 42.1 Å². The van der Waals surface area contributed by atoms with Crippen molar-refractivity contribution < 1.29 is 9.53 Å². The number of carbonyl (C=O) groups is 1. The number of Topliss-reactive ketones (excluding diaryl/α,β-unsaturated/α-hetero) is 1. The molecule has 0 unspecified atom stereocenters. The molecule has 1 fully saturated rings. The summed E-state index contributed by atoms with van der Waals surface area (Å²) in [6.45, 7) is 4.84. The van der Waals surface area contributed by atoms with Gasteiger partial charge in [0, 0.05) is 31.5 Å².